The second-order valence-electron chi connectivity index (χ2n) is 5.63. The van der Waals surface area contributed by atoms with Gasteiger partial charge in [-0.05, 0) is 48.5 Å². The number of hydrogen-bond acceptors (Lipinski definition) is 6. The van der Waals surface area contributed by atoms with E-state index in [1.807, 2.05) is 0 Å². The topological polar surface area (TPSA) is 114 Å². The van der Waals surface area contributed by atoms with Crippen LogP contribution in [0.4, 0.5) is 4.79 Å². The van der Waals surface area contributed by atoms with Crippen LogP contribution in [-0.2, 0) is 14.8 Å². The van der Waals surface area contributed by atoms with Crippen molar-refractivity contribution < 1.29 is 27.9 Å². The quantitative estimate of drug-likeness (QED) is 0.391. The smallest absolute Gasteiger partial charge is 0.432 e. The Morgan fingerprint density at radius 3 is 2.08 bits per heavy atom. The Hall–Kier alpha value is -2.33. The molecule has 2 aromatic rings. The number of halogens is 1. The molecule has 0 aromatic heterocycles. The molecule has 3 rings (SSSR count). The summed E-state index contributed by atoms with van der Waals surface area (Å²) in [5.41, 5.74) is -0.0293. The van der Waals surface area contributed by atoms with Crippen molar-refractivity contribution in [3.63, 3.8) is 0 Å². The number of amides is 1. The summed E-state index contributed by atoms with van der Waals surface area (Å²) < 4.78 is 37.6. The largest absolute Gasteiger partial charge is 0.457 e. The van der Waals surface area contributed by atoms with Gasteiger partial charge in [0.2, 0.25) is 10.0 Å². The highest BCUT2D eigenvalue weighted by Crippen LogP contribution is 2.38. The maximum atomic E-state index is 12.4. The van der Waals surface area contributed by atoms with Crippen molar-refractivity contribution in [2.75, 3.05) is 0 Å². The number of carbonyl (C=O) groups excluding carboxylic acids is 1. The zero-order chi connectivity index (χ0) is 18.8. The first-order valence-electron chi connectivity index (χ1n) is 7.52. The highest BCUT2D eigenvalue weighted by molar-refractivity contribution is 7.89. The van der Waals surface area contributed by atoms with E-state index in [1.165, 1.54) is 29.7 Å². The van der Waals surface area contributed by atoms with Crippen LogP contribution in [0.5, 0.6) is 11.5 Å². The van der Waals surface area contributed by atoms with Crippen molar-refractivity contribution in [2.24, 2.45) is 0 Å². The fourth-order valence-electron chi connectivity index (χ4n) is 2.17. The van der Waals surface area contributed by atoms with E-state index in [0.29, 0.717) is 29.4 Å². The number of nitrogens with one attached hydrogen (secondary N) is 2. The van der Waals surface area contributed by atoms with Crippen molar-refractivity contribution in [3.05, 3.63) is 53.6 Å². The Labute approximate surface area is 154 Å². The molecule has 26 heavy (non-hydrogen) atoms. The third-order valence-corrected chi connectivity index (χ3v) is 5.37. The van der Waals surface area contributed by atoms with Gasteiger partial charge in [0.15, 0.2) is 5.72 Å². The standard InChI is InChI=1S/C16H15ClN2O6S/c17-11-1-3-12(4-2-11)24-13-5-7-14(8-6-13)26(22,23)19-16(9-10-16)25-15(20)18-21/h1-8,19,21H,9-10H2,(H,18,20). The molecule has 0 saturated heterocycles. The molecule has 0 aliphatic heterocycles. The Bertz CT molecular complexity index is 895. The van der Waals surface area contributed by atoms with Crippen LogP contribution in [0.3, 0.4) is 0 Å². The molecule has 10 heteroatoms. The maximum Gasteiger partial charge on any atom is 0.432 e. The SMILES string of the molecule is O=C(NO)OC1(NS(=O)(=O)c2ccc(Oc3ccc(Cl)cc3)cc2)CC1. The van der Waals surface area contributed by atoms with Crippen molar-refractivity contribution in [2.45, 2.75) is 23.5 Å². The van der Waals surface area contributed by atoms with Gasteiger partial charge in [-0.25, -0.2) is 18.7 Å². The molecule has 0 heterocycles. The summed E-state index contributed by atoms with van der Waals surface area (Å²) >= 11 is 5.81. The van der Waals surface area contributed by atoms with Crippen molar-refractivity contribution >= 4 is 27.7 Å². The molecule has 1 saturated carbocycles. The fourth-order valence-corrected chi connectivity index (χ4v) is 3.64. The summed E-state index contributed by atoms with van der Waals surface area (Å²) in [5.74, 6) is 1.01. The monoisotopic (exact) mass is 398 g/mol. The molecule has 1 amide bonds. The first-order valence-corrected chi connectivity index (χ1v) is 9.39. The lowest BCUT2D eigenvalue weighted by Gasteiger charge is -2.17. The highest BCUT2D eigenvalue weighted by Gasteiger charge is 2.50. The molecule has 1 aliphatic carbocycles. The maximum absolute atomic E-state index is 12.4. The molecule has 0 unspecified atom stereocenters. The van der Waals surface area contributed by atoms with Gasteiger partial charge in [-0.3, -0.25) is 5.21 Å². The van der Waals surface area contributed by atoms with E-state index in [-0.39, 0.29) is 4.90 Å². The van der Waals surface area contributed by atoms with E-state index in [1.54, 1.807) is 24.3 Å². The molecule has 0 bridgehead atoms. The molecule has 2 aromatic carbocycles. The van der Waals surface area contributed by atoms with Crippen molar-refractivity contribution in [3.8, 4) is 11.5 Å². The van der Waals surface area contributed by atoms with E-state index in [9.17, 15) is 13.2 Å². The van der Waals surface area contributed by atoms with Crippen LogP contribution in [0.25, 0.3) is 0 Å². The highest BCUT2D eigenvalue weighted by atomic mass is 35.5. The van der Waals surface area contributed by atoms with Gasteiger partial charge in [-0.15, -0.1) is 0 Å². The predicted octanol–water partition coefficient (Wildman–Crippen LogP) is 3.02. The lowest BCUT2D eigenvalue weighted by Crippen LogP contribution is -2.42. The number of benzene rings is 2. The predicted molar refractivity (Wildman–Crippen MR) is 91.7 cm³/mol. The van der Waals surface area contributed by atoms with Gasteiger partial charge in [0, 0.05) is 17.9 Å². The molecular formula is C16H15ClN2O6S. The molecule has 138 valence electrons. The number of carbonyl (C=O) groups is 1. The minimum atomic E-state index is -3.91. The number of ether oxygens (including phenoxy) is 2. The summed E-state index contributed by atoms with van der Waals surface area (Å²) in [6, 6.07) is 12.5. The zero-order valence-corrected chi connectivity index (χ0v) is 14.9. The summed E-state index contributed by atoms with van der Waals surface area (Å²) in [4.78, 5) is 11.1. The normalized spacial score (nSPS) is 15.2. The van der Waals surface area contributed by atoms with Crippen LogP contribution >= 0.6 is 11.6 Å². The van der Waals surface area contributed by atoms with Crippen LogP contribution in [0, 0.1) is 0 Å². The molecule has 1 fully saturated rings. The average molecular weight is 399 g/mol. The Morgan fingerprint density at radius 1 is 1.04 bits per heavy atom. The van der Waals surface area contributed by atoms with E-state index in [2.05, 4.69) is 4.72 Å². The number of rotatable bonds is 6. The molecule has 0 spiro atoms. The number of hydrogen-bond donors (Lipinski definition) is 3. The minimum absolute atomic E-state index is 0.0137. The first-order chi connectivity index (χ1) is 12.3. The second kappa shape index (κ2) is 7.12. The van der Waals surface area contributed by atoms with Gasteiger partial charge >= 0.3 is 6.09 Å². The third-order valence-electron chi connectivity index (χ3n) is 3.59. The number of hydroxylamine groups is 1. The molecular weight excluding hydrogens is 384 g/mol. The Balaban J connectivity index is 1.69. The van der Waals surface area contributed by atoms with E-state index < -0.39 is 21.8 Å². The van der Waals surface area contributed by atoms with Gasteiger partial charge in [0.05, 0.1) is 4.90 Å². The van der Waals surface area contributed by atoms with E-state index in [0.717, 1.165) is 0 Å². The van der Waals surface area contributed by atoms with Gasteiger partial charge in [-0.1, -0.05) is 11.6 Å². The van der Waals surface area contributed by atoms with Crippen LogP contribution in [0.2, 0.25) is 5.02 Å². The third kappa shape index (κ3) is 4.44. The summed E-state index contributed by atoms with van der Waals surface area (Å²) in [7, 11) is -3.91. The van der Waals surface area contributed by atoms with Crippen molar-refractivity contribution in [1.82, 2.24) is 10.2 Å². The summed E-state index contributed by atoms with van der Waals surface area (Å²) in [6.45, 7) is 0. The lowest BCUT2D eigenvalue weighted by molar-refractivity contribution is 0.0405. The van der Waals surface area contributed by atoms with Crippen LogP contribution in [0.1, 0.15) is 12.8 Å². The molecule has 3 N–H and O–H groups in total. The zero-order valence-electron chi connectivity index (χ0n) is 13.3. The summed E-state index contributed by atoms with van der Waals surface area (Å²) in [5, 5.41) is 9.06. The molecule has 0 radical (unpaired) electrons. The van der Waals surface area contributed by atoms with Crippen LogP contribution < -0.4 is 14.9 Å². The van der Waals surface area contributed by atoms with Gasteiger partial charge in [-0.2, -0.15) is 4.72 Å². The minimum Gasteiger partial charge on any atom is -0.457 e. The van der Waals surface area contributed by atoms with Crippen molar-refractivity contribution in [1.29, 1.82) is 0 Å². The van der Waals surface area contributed by atoms with Crippen LogP contribution in [-0.4, -0.2) is 25.4 Å². The van der Waals surface area contributed by atoms with Crippen LogP contribution in [0.15, 0.2) is 53.4 Å². The van der Waals surface area contributed by atoms with E-state index in [4.69, 9.17) is 26.3 Å². The molecule has 8 nitrogen and oxygen atoms in total. The fraction of sp³-hybridized carbons (Fsp3) is 0.188. The Kier molecular flexibility index (Phi) is 5.05. The lowest BCUT2D eigenvalue weighted by atomic mass is 10.3. The van der Waals surface area contributed by atoms with Gasteiger partial charge in [0.25, 0.3) is 0 Å². The molecule has 0 atom stereocenters. The second-order valence-corrected chi connectivity index (χ2v) is 7.75. The van der Waals surface area contributed by atoms with E-state index >= 15 is 0 Å². The van der Waals surface area contributed by atoms with Gasteiger partial charge < -0.3 is 9.47 Å². The summed E-state index contributed by atoms with van der Waals surface area (Å²) in [6.07, 6.45) is -0.494. The van der Waals surface area contributed by atoms with Gasteiger partial charge in [0.1, 0.15) is 11.5 Å². The number of sulfonamides is 1. The Morgan fingerprint density at radius 2 is 1.58 bits per heavy atom. The first kappa shape index (κ1) is 18.5. The average Bonchev–Trinajstić information content (AvgIpc) is 3.35. The molecule has 1 aliphatic rings.